The molecule has 2 aliphatic rings. The number of nitrogens with zero attached hydrogens (tertiary/aromatic N) is 3. The summed E-state index contributed by atoms with van der Waals surface area (Å²) in [5.74, 6) is 0.285. The quantitative estimate of drug-likeness (QED) is 0.889. The first-order chi connectivity index (χ1) is 11.6. The fourth-order valence-corrected chi connectivity index (χ4v) is 2.92. The third-order valence-corrected chi connectivity index (χ3v) is 4.31. The molecule has 1 aliphatic heterocycles. The van der Waals surface area contributed by atoms with Gasteiger partial charge in [-0.2, -0.15) is 5.10 Å². The molecule has 1 aromatic rings. The summed E-state index contributed by atoms with van der Waals surface area (Å²) in [5, 5.41) is 8.07. The molecule has 1 aliphatic carbocycles. The van der Waals surface area contributed by atoms with Gasteiger partial charge in [-0.3, -0.25) is 9.59 Å². The van der Waals surface area contributed by atoms with E-state index in [9.17, 15) is 9.59 Å². The van der Waals surface area contributed by atoms with E-state index >= 15 is 0 Å². The molecule has 0 unspecified atom stereocenters. The van der Waals surface area contributed by atoms with Crippen LogP contribution in [0.15, 0.2) is 23.4 Å². The molecule has 0 atom stereocenters. The van der Waals surface area contributed by atoms with Crippen LogP contribution in [0.5, 0.6) is 5.88 Å². The molecule has 3 rings (SSSR count). The first kappa shape index (κ1) is 16.4. The Morgan fingerprint density at radius 1 is 1.38 bits per heavy atom. The molecule has 24 heavy (non-hydrogen) atoms. The Hall–Kier alpha value is -2.44. The van der Waals surface area contributed by atoms with Gasteiger partial charge < -0.3 is 10.1 Å². The van der Waals surface area contributed by atoms with E-state index in [1.54, 1.807) is 13.2 Å². The lowest BCUT2D eigenvalue weighted by Gasteiger charge is -2.19. The van der Waals surface area contributed by atoms with Gasteiger partial charge in [0.05, 0.1) is 0 Å². The lowest BCUT2D eigenvalue weighted by molar-refractivity contribution is -0.130. The van der Waals surface area contributed by atoms with Gasteiger partial charge in [-0.1, -0.05) is 0 Å². The van der Waals surface area contributed by atoms with Crippen LogP contribution < -0.4 is 10.1 Å². The van der Waals surface area contributed by atoms with Gasteiger partial charge in [0.25, 0.3) is 5.91 Å². The highest BCUT2D eigenvalue weighted by molar-refractivity contribution is 6.39. The van der Waals surface area contributed by atoms with Crippen molar-refractivity contribution in [2.45, 2.75) is 51.2 Å². The van der Waals surface area contributed by atoms with Crippen LogP contribution in [0.3, 0.4) is 0 Å². The minimum atomic E-state index is -0.246. The van der Waals surface area contributed by atoms with Gasteiger partial charge >= 0.3 is 0 Å². The van der Waals surface area contributed by atoms with Gasteiger partial charge in [0, 0.05) is 38.7 Å². The summed E-state index contributed by atoms with van der Waals surface area (Å²) in [6.45, 7) is 0.374. The molecule has 1 N–H and O–H groups in total. The molecule has 128 valence electrons. The van der Waals surface area contributed by atoms with Gasteiger partial charge in [0.15, 0.2) is 0 Å². The summed E-state index contributed by atoms with van der Waals surface area (Å²) in [6.07, 6.45) is 7.21. The Morgan fingerprint density at radius 3 is 2.92 bits per heavy atom. The van der Waals surface area contributed by atoms with Crippen LogP contribution in [-0.4, -0.2) is 40.7 Å². The second kappa shape index (κ2) is 7.42. The first-order valence-electron chi connectivity index (χ1n) is 8.35. The molecule has 7 heteroatoms. The van der Waals surface area contributed by atoms with Gasteiger partial charge in [0.2, 0.25) is 11.8 Å². The number of rotatable bonds is 5. The third-order valence-electron chi connectivity index (χ3n) is 4.31. The summed E-state index contributed by atoms with van der Waals surface area (Å²) in [6, 6.07) is 3.71. The Balaban J connectivity index is 1.55. The summed E-state index contributed by atoms with van der Waals surface area (Å²) in [7, 11) is 1.56. The average Bonchev–Trinajstić information content (AvgIpc) is 3.08. The Morgan fingerprint density at radius 2 is 2.17 bits per heavy atom. The number of amides is 2. The largest absolute Gasteiger partial charge is 0.474 e. The number of hydrogen-bond donors (Lipinski definition) is 1. The fraction of sp³-hybridized carbons (Fsp3) is 0.529. The smallest absolute Gasteiger partial charge is 0.267 e. The highest BCUT2D eigenvalue weighted by Gasteiger charge is 2.22. The van der Waals surface area contributed by atoms with Crippen molar-refractivity contribution in [1.82, 2.24) is 15.3 Å². The average molecular weight is 330 g/mol. The molecule has 0 bridgehead atoms. The molecule has 7 nitrogen and oxygen atoms in total. The Bertz CT molecular complexity index is 653. The van der Waals surface area contributed by atoms with Crippen molar-refractivity contribution in [3.05, 3.63) is 23.9 Å². The van der Waals surface area contributed by atoms with Gasteiger partial charge in [-0.05, 0) is 37.3 Å². The topological polar surface area (TPSA) is 83.9 Å². The molecule has 0 radical (unpaired) electrons. The molecular formula is C17H22N4O3. The number of ether oxygens (including phenoxy) is 1. The van der Waals surface area contributed by atoms with E-state index in [0.29, 0.717) is 31.0 Å². The van der Waals surface area contributed by atoms with E-state index in [1.807, 2.05) is 12.1 Å². The van der Waals surface area contributed by atoms with E-state index < -0.39 is 0 Å². The van der Waals surface area contributed by atoms with Crippen molar-refractivity contribution in [2.75, 3.05) is 7.05 Å². The minimum absolute atomic E-state index is 0.0746. The molecule has 1 aromatic heterocycles. The van der Waals surface area contributed by atoms with Crippen LogP contribution >= 0.6 is 0 Å². The summed E-state index contributed by atoms with van der Waals surface area (Å²) < 4.78 is 5.87. The zero-order chi connectivity index (χ0) is 16.9. The van der Waals surface area contributed by atoms with E-state index in [2.05, 4.69) is 15.4 Å². The zero-order valence-corrected chi connectivity index (χ0v) is 13.8. The van der Waals surface area contributed by atoms with Crippen LogP contribution in [0.25, 0.3) is 0 Å². The zero-order valence-electron chi connectivity index (χ0n) is 13.8. The van der Waals surface area contributed by atoms with E-state index in [1.165, 1.54) is 17.9 Å². The van der Waals surface area contributed by atoms with Crippen LogP contribution in [0.2, 0.25) is 0 Å². The van der Waals surface area contributed by atoms with Gasteiger partial charge in [-0.25, -0.2) is 9.99 Å². The summed E-state index contributed by atoms with van der Waals surface area (Å²) in [4.78, 5) is 27.8. The standard InChI is InChI=1S/C17H22N4O3/c1-21-16(22)7-6-14(20-21)17(23)19-11-12-8-9-18-15(10-12)24-13-4-2-3-5-13/h8-10,13H,2-7,11H2,1H3,(H,19,23). The second-order valence-electron chi connectivity index (χ2n) is 6.17. The number of hydrogen-bond acceptors (Lipinski definition) is 5. The minimum Gasteiger partial charge on any atom is -0.474 e. The summed E-state index contributed by atoms with van der Waals surface area (Å²) >= 11 is 0. The number of aromatic nitrogens is 1. The van der Waals surface area contributed by atoms with E-state index in [0.717, 1.165) is 18.4 Å². The number of carbonyl (C=O) groups is 2. The highest BCUT2D eigenvalue weighted by Crippen LogP contribution is 2.23. The monoisotopic (exact) mass is 330 g/mol. The predicted octanol–water partition coefficient (Wildman–Crippen LogP) is 1.63. The van der Waals surface area contributed by atoms with Crippen LogP contribution in [-0.2, 0) is 16.1 Å². The fourth-order valence-electron chi connectivity index (χ4n) is 2.92. The number of nitrogens with one attached hydrogen (secondary N) is 1. The van der Waals surface area contributed by atoms with E-state index in [4.69, 9.17) is 4.74 Å². The first-order valence-corrected chi connectivity index (χ1v) is 8.35. The lowest BCUT2D eigenvalue weighted by atomic mass is 10.1. The Labute approximate surface area is 141 Å². The van der Waals surface area contributed by atoms with Crippen molar-refractivity contribution in [1.29, 1.82) is 0 Å². The molecular weight excluding hydrogens is 308 g/mol. The SMILES string of the molecule is CN1N=C(C(=O)NCc2ccnc(OC3CCCC3)c2)CCC1=O. The van der Waals surface area contributed by atoms with Crippen molar-refractivity contribution in [3.63, 3.8) is 0 Å². The maximum Gasteiger partial charge on any atom is 0.267 e. The maximum atomic E-state index is 12.2. The second-order valence-corrected chi connectivity index (χ2v) is 6.17. The molecule has 1 saturated carbocycles. The summed E-state index contributed by atoms with van der Waals surface area (Å²) in [5.41, 5.74) is 1.31. The highest BCUT2D eigenvalue weighted by atomic mass is 16.5. The molecule has 0 spiro atoms. The van der Waals surface area contributed by atoms with Crippen molar-refractivity contribution in [3.8, 4) is 5.88 Å². The van der Waals surface area contributed by atoms with Gasteiger partial charge in [-0.15, -0.1) is 0 Å². The molecule has 1 fully saturated rings. The molecule has 2 heterocycles. The van der Waals surface area contributed by atoms with Gasteiger partial charge in [0.1, 0.15) is 11.8 Å². The van der Waals surface area contributed by atoms with Crippen LogP contribution in [0, 0.1) is 0 Å². The number of carbonyl (C=O) groups excluding carboxylic acids is 2. The predicted molar refractivity (Wildman–Crippen MR) is 88.4 cm³/mol. The van der Waals surface area contributed by atoms with Crippen LogP contribution in [0.1, 0.15) is 44.1 Å². The van der Waals surface area contributed by atoms with Crippen molar-refractivity contribution >= 4 is 17.5 Å². The molecule has 0 aromatic carbocycles. The molecule has 2 amide bonds. The van der Waals surface area contributed by atoms with Crippen molar-refractivity contribution in [2.24, 2.45) is 5.10 Å². The van der Waals surface area contributed by atoms with Crippen molar-refractivity contribution < 1.29 is 14.3 Å². The molecule has 0 saturated heterocycles. The lowest BCUT2D eigenvalue weighted by Crippen LogP contribution is -2.37. The number of hydrazone groups is 1. The normalized spacial score (nSPS) is 18.5. The van der Waals surface area contributed by atoms with Crippen LogP contribution in [0.4, 0.5) is 0 Å². The maximum absolute atomic E-state index is 12.2. The van der Waals surface area contributed by atoms with E-state index in [-0.39, 0.29) is 17.9 Å². The number of pyridine rings is 1. The third kappa shape index (κ3) is 4.10. The Kier molecular flexibility index (Phi) is 5.08.